The zero-order valence-corrected chi connectivity index (χ0v) is 13.7. The summed E-state index contributed by atoms with van der Waals surface area (Å²) in [6, 6.07) is 4.61. The zero-order chi connectivity index (χ0) is 16.1. The van der Waals surface area contributed by atoms with E-state index in [1.54, 1.807) is 13.3 Å². The average molecular weight is 319 g/mol. The summed E-state index contributed by atoms with van der Waals surface area (Å²) in [5, 5.41) is 0. The Labute approximate surface area is 137 Å². The highest BCUT2D eigenvalue weighted by Gasteiger charge is 2.40. The fourth-order valence-electron chi connectivity index (χ4n) is 3.69. The van der Waals surface area contributed by atoms with Gasteiger partial charge in [0.1, 0.15) is 6.61 Å². The molecule has 0 spiro atoms. The molecule has 0 bridgehead atoms. The van der Waals surface area contributed by atoms with E-state index in [9.17, 15) is 4.79 Å². The Hall–Kier alpha value is -1.50. The molecular formula is C17H25N3O3. The minimum Gasteiger partial charge on any atom is -0.379 e. The third kappa shape index (κ3) is 3.88. The Kier molecular flexibility index (Phi) is 5.59. The number of likely N-dealkylation sites (tertiary alicyclic amines) is 1. The molecule has 0 aromatic carbocycles. The molecule has 2 saturated heterocycles. The molecule has 2 atom stereocenters. The molecular weight excluding hydrogens is 294 g/mol. The minimum absolute atomic E-state index is 0.0807. The van der Waals surface area contributed by atoms with E-state index >= 15 is 0 Å². The Morgan fingerprint density at radius 1 is 1.39 bits per heavy atom. The molecule has 2 fully saturated rings. The Bertz CT molecular complexity index is 505. The third-order valence-electron chi connectivity index (χ3n) is 4.78. The maximum Gasteiger partial charge on any atom is 0.248 e. The number of carbonyl (C=O) groups is 1. The first-order valence-electron chi connectivity index (χ1n) is 8.28. The molecule has 23 heavy (non-hydrogen) atoms. The van der Waals surface area contributed by atoms with E-state index in [-0.39, 0.29) is 18.6 Å². The van der Waals surface area contributed by atoms with Crippen molar-refractivity contribution in [3.05, 3.63) is 30.1 Å². The molecule has 3 heterocycles. The first-order chi connectivity index (χ1) is 11.3. The summed E-state index contributed by atoms with van der Waals surface area (Å²) in [6.45, 7) is 4.40. The van der Waals surface area contributed by atoms with Crippen LogP contribution < -0.4 is 0 Å². The number of carbonyl (C=O) groups excluding carboxylic acids is 1. The number of rotatable bonds is 5. The van der Waals surface area contributed by atoms with Gasteiger partial charge in [0.25, 0.3) is 0 Å². The van der Waals surface area contributed by atoms with Crippen LogP contribution in [0.2, 0.25) is 0 Å². The van der Waals surface area contributed by atoms with Crippen molar-refractivity contribution in [1.29, 1.82) is 0 Å². The lowest BCUT2D eigenvalue weighted by Crippen LogP contribution is -2.51. The van der Waals surface area contributed by atoms with Gasteiger partial charge in [-0.15, -0.1) is 0 Å². The van der Waals surface area contributed by atoms with Crippen molar-refractivity contribution in [2.45, 2.75) is 24.9 Å². The summed E-state index contributed by atoms with van der Waals surface area (Å²) in [4.78, 5) is 21.1. The fourth-order valence-corrected chi connectivity index (χ4v) is 3.69. The van der Waals surface area contributed by atoms with Crippen LogP contribution in [0, 0.1) is 0 Å². The second-order valence-electron chi connectivity index (χ2n) is 6.16. The quantitative estimate of drug-likeness (QED) is 0.794. The zero-order valence-electron chi connectivity index (χ0n) is 13.7. The van der Waals surface area contributed by atoms with Gasteiger partial charge in [-0.2, -0.15) is 0 Å². The SMILES string of the molecule is COCC(=O)N1CC[C@H](N2CCOCC2)[C@H]1Cc1cccnc1. The van der Waals surface area contributed by atoms with Crippen molar-refractivity contribution in [3.8, 4) is 0 Å². The molecule has 0 N–H and O–H groups in total. The second kappa shape index (κ2) is 7.86. The molecule has 2 aliphatic rings. The third-order valence-corrected chi connectivity index (χ3v) is 4.78. The van der Waals surface area contributed by atoms with Gasteiger partial charge in [-0.3, -0.25) is 14.7 Å². The molecule has 0 radical (unpaired) electrons. The van der Waals surface area contributed by atoms with Gasteiger partial charge in [0.2, 0.25) is 5.91 Å². The van der Waals surface area contributed by atoms with Gasteiger partial charge in [-0.05, 0) is 24.5 Å². The van der Waals surface area contributed by atoms with Crippen LogP contribution in [-0.2, 0) is 20.7 Å². The maximum absolute atomic E-state index is 12.4. The van der Waals surface area contributed by atoms with E-state index in [1.165, 1.54) is 5.56 Å². The number of nitrogens with zero attached hydrogens (tertiary/aromatic N) is 3. The van der Waals surface area contributed by atoms with Crippen LogP contribution in [0.15, 0.2) is 24.5 Å². The molecule has 0 unspecified atom stereocenters. The number of amides is 1. The van der Waals surface area contributed by atoms with Crippen LogP contribution in [-0.4, -0.2) is 79.3 Å². The highest BCUT2D eigenvalue weighted by Crippen LogP contribution is 2.27. The van der Waals surface area contributed by atoms with Gasteiger partial charge >= 0.3 is 0 Å². The minimum atomic E-state index is 0.0807. The van der Waals surface area contributed by atoms with Crippen molar-refractivity contribution < 1.29 is 14.3 Å². The maximum atomic E-state index is 12.4. The van der Waals surface area contributed by atoms with Crippen LogP contribution in [0.25, 0.3) is 0 Å². The van der Waals surface area contributed by atoms with Crippen LogP contribution in [0.1, 0.15) is 12.0 Å². The Morgan fingerprint density at radius 2 is 2.22 bits per heavy atom. The lowest BCUT2D eigenvalue weighted by molar-refractivity contribution is -0.136. The normalized spacial score (nSPS) is 25.7. The van der Waals surface area contributed by atoms with Gasteiger partial charge in [0, 0.05) is 45.2 Å². The number of morpholine rings is 1. The molecule has 6 nitrogen and oxygen atoms in total. The monoisotopic (exact) mass is 319 g/mol. The Morgan fingerprint density at radius 3 is 2.91 bits per heavy atom. The standard InChI is InChI=1S/C17H25N3O3/c1-22-13-17(21)20-6-4-15(19-7-9-23-10-8-19)16(20)11-14-3-2-5-18-12-14/h2-3,5,12,15-16H,4,6-11,13H2,1H3/t15-,16+/m0/s1. The smallest absolute Gasteiger partial charge is 0.248 e. The predicted octanol–water partition coefficient (Wildman–Crippen LogP) is 0.572. The molecule has 1 aromatic heterocycles. The van der Waals surface area contributed by atoms with Gasteiger partial charge in [-0.1, -0.05) is 6.07 Å². The highest BCUT2D eigenvalue weighted by atomic mass is 16.5. The summed E-state index contributed by atoms with van der Waals surface area (Å²) in [6.07, 6.45) is 5.53. The van der Waals surface area contributed by atoms with Crippen molar-refractivity contribution in [3.63, 3.8) is 0 Å². The van der Waals surface area contributed by atoms with E-state index in [4.69, 9.17) is 9.47 Å². The van der Waals surface area contributed by atoms with Crippen molar-refractivity contribution in [1.82, 2.24) is 14.8 Å². The number of aromatic nitrogens is 1. The number of methoxy groups -OCH3 is 1. The molecule has 126 valence electrons. The molecule has 6 heteroatoms. The van der Waals surface area contributed by atoms with E-state index in [1.807, 2.05) is 17.2 Å². The van der Waals surface area contributed by atoms with E-state index in [0.29, 0.717) is 6.04 Å². The van der Waals surface area contributed by atoms with Gasteiger partial charge in [0.05, 0.1) is 19.3 Å². The highest BCUT2D eigenvalue weighted by molar-refractivity contribution is 5.78. The van der Waals surface area contributed by atoms with Gasteiger partial charge in [-0.25, -0.2) is 0 Å². The predicted molar refractivity (Wildman–Crippen MR) is 86.1 cm³/mol. The fraction of sp³-hybridized carbons (Fsp3) is 0.647. The first kappa shape index (κ1) is 16.4. The summed E-state index contributed by atoms with van der Waals surface area (Å²) in [5.74, 6) is 0.0807. The molecule has 0 aliphatic carbocycles. The van der Waals surface area contributed by atoms with Crippen molar-refractivity contribution in [2.24, 2.45) is 0 Å². The number of ether oxygens (including phenoxy) is 2. The Balaban J connectivity index is 1.76. The lowest BCUT2D eigenvalue weighted by Gasteiger charge is -2.37. The number of hydrogen-bond acceptors (Lipinski definition) is 5. The molecule has 2 aliphatic heterocycles. The van der Waals surface area contributed by atoms with E-state index in [0.717, 1.165) is 45.7 Å². The molecule has 0 saturated carbocycles. The van der Waals surface area contributed by atoms with Crippen LogP contribution in [0.4, 0.5) is 0 Å². The van der Waals surface area contributed by atoms with Crippen LogP contribution in [0.5, 0.6) is 0 Å². The molecule has 1 amide bonds. The summed E-state index contributed by atoms with van der Waals surface area (Å²) in [7, 11) is 1.57. The van der Waals surface area contributed by atoms with Crippen molar-refractivity contribution in [2.75, 3.05) is 46.6 Å². The van der Waals surface area contributed by atoms with Gasteiger partial charge < -0.3 is 14.4 Å². The number of hydrogen-bond donors (Lipinski definition) is 0. The second-order valence-corrected chi connectivity index (χ2v) is 6.16. The van der Waals surface area contributed by atoms with E-state index in [2.05, 4.69) is 16.0 Å². The largest absolute Gasteiger partial charge is 0.379 e. The van der Waals surface area contributed by atoms with Crippen LogP contribution >= 0.6 is 0 Å². The summed E-state index contributed by atoms with van der Waals surface area (Å²) >= 11 is 0. The van der Waals surface area contributed by atoms with E-state index < -0.39 is 0 Å². The number of pyridine rings is 1. The summed E-state index contributed by atoms with van der Waals surface area (Å²) in [5.41, 5.74) is 1.17. The molecule has 1 aromatic rings. The topological polar surface area (TPSA) is 54.9 Å². The first-order valence-corrected chi connectivity index (χ1v) is 8.28. The van der Waals surface area contributed by atoms with Crippen molar-refractivity contribution >= 4 is 5.91 Å². The molecule has 3 rings (SSSR count). The average Bonchev–Trinajstić information content (AvgIpc) is 3.00. The van der Waals surface area contributed by atoms with Crippen LogP contribution in [0.3, 0.4) is 0 Å². The summed E-state index contributed by atoms with van der Waals surface area (Å²) < 4.78 is 10.5. The van der Waals surface area contributed by atoms with Gasteiger partial charge in [0.15, 0.2) is 0 Å². The lowest BCUT2D eigenvalue weighted by atomic mass is 9.99.